The first-order chi connectivity index (χ1) is 10.6. The second-order valence-electron chi connectivity index (χ2n) is 5.09. The second-order valence-corrected chi connectivity index (χ2v) is 6.83. The number of nitrogens with zero attached hydrogens (tertiary/aromatic N) is 1. The minimum Gasteiger partial charge on any atom is -0.481 e. The summed E-state index contributed by atoms with van der Waals surface area (Å²) in [5.41, 5.74) is 0. The molecule has 0 fully saturated rings. The molecule has 0 aliphatic carbocycles. The number of carbonyl (C=O) groups excluding carboxylic acids is 1. The van der Waals surface area contributed by atoms with E-state index in [0.717, 1.165) is 12.1 Å². The van der Waals surface area contributed by atoms with Crippen molar-refractivity contribution in [3.63, 3.8) is 0 Å². The highest BCUT2D eigenvalue weighted by molar-refractivity contribution is 7.89. The molecule has 1 atom stereocenters. The third-order valence-electron chi connectivity index (χ3n) is 3.15. The lowest BCUT2D eigenvalue weighted by Gasteiger charge is -2.19. The van der Waals surface area contributed by atoms with Crippen LogP contribution in [0.2, 0.25) is 0 Å². The summed E-state index contributed by atoms with van der Waals surface area (Å²) in [4.78, 5) is 23.3. The first-order valence-corrected chi connectivity index (χ1v) is 8.34. The number of hydrogen-bond acceptors (Lipinski definition) is 4. The van der Waals surface area contributed by atoms with E-state index in [-0.39, 0.29) is 19.5 Å². The standard InChI is InChI=1S/C14H19FN2O5S/c1-10(14(19)20)9-17(2)13(18)7-8-16-23(21,22)12-6-4-3-5-11(12)15/h3-6,10,16H,7-9H2,1-2H3,(H,19,20). The molecule has 0 bridgehead atoms. The summed E-state index contributed by atoms with van der Waals surface area (Å²) in [6, 6.07) is 4.92. The third-order valence-corrected chi connectivity index (χ3v) is 4.65. The number of nitrogens with one attached hydrogen (secondary N) is 1. The Morgan fingerprint density at radius 3 is 2.52 bits per heavy atom. The maximum absolute atomic E-state index is 13.5. The van der Waals surface area contributed by atoms with Crippen LogP contribution in [0.25, 0.3) is 0 Å². The molecule has 0 aliphatic heterocycles. The van der Waals surface area contributed by atoms with Gasteiger partial charge < -0.3 is 10.0 Å². The highest BCUT2D eigenvalue weighted by atomic mass is 32.2. The van der Waals surface area contributed by atoms with E-state index in [1.807, 2.05) is 0 Å². The quantitative estimate of drug-likeness (QED) is 0.720. The fourth-order valence-electron chi connectivity index (χ4n) is 1.81. The number of hydrogen-bond donors (Lipinski definition) is 2. The van der Waals surface area contributed by atoms with E-state index in [0.29, 0.717) is 0 Å². The van der Waals surface area contributed by atoms with E-state index in [1.54, 1.807) is 0 Å². The molecule has 0 aromatic heterocycles. The van der Waals surface area contributed by atoms with Crippen molar-refractivity contribution in [3.8, 4) is 0 Å². The maximum atomic E-state index is 13.5. The van der Waals surface area contributed by atoms with Crippen LogP contribution in [0, 0.1) is 11.7 Å². The third kappa shape index (κ3) is 5.61. The molecule has 2 N–H and O–H groups in total. The zero-order valence-corrected chi connectivity index (χ0v) is 13.6. The van der Waals surface area contributed by atoms with Crippen molar-refractivity contribution >= 4 is 21.9 Å². The summed E-state index contributed by atoms with van der Waals surface area (Å²) < 4.78 is 39.5. The highest BCUT2D eigenvalue weighted by Gasteiger charge is 2.20. The Kier molecular flexibility index (Phi) is 6.64. The molecule has 1 aromatic carbocycles. The fraction of sp³-hybridized carbons (Fsp3) is 0.429. The second kappa shape index (κ2) is 8.02. The number of aliphatic carboxylic acids is 1. The van der Waals surface area contributed by atoms with Crippen LogP contribution in [-0.4, -0.2) is 50.4 Å². The van der Waals surface area contributed by atoms with Crippen molar-refractivity contribution in [1.82, 2.24) is 9.62 Å². The molecule has 1 aromatic rings. The van der Waals surface area contributed by atoms with Gasteiger partial charge in [0.05, 0.1) is 5.92 Å². The Morgan fingerprint density at radius 1 is 1.35 bits per heavy atom. The van der Waals surface area contributed by atoms with Crippen molar-refractivity contribution in [2.24, 2.45) is 5.92 Å². The number of carboxylic acids is 1. The Balaban J connectivity index is 2.55. The fourth-order valence-corrected chi connectivity index (χ4v) is 2.92. The number of amides is 1. The van der Waals surface area contributed by atoms with Crippen LogP contribution in [0.1, 0.15) is 13.3 Å². The maximum Gasteiger partial charge on any atom is 0.308 e. The number of sulfonamides is 1. The molecular formula is C14H19FN2O5S. The summed E-state index contributed by atoms with van der Waals surface area (Å²) in [5.74, 6) is -3.03. The van der Waals surface area contributed by atoms with Gasteiger partial charge in [-0.3, -0.25) is 9.59 Å². The molecule has 7 nitrogen and oxygen atoms in total. The van der Waals surface area contributed by atoms with Crippen molar-refractivity contribution in [2.45, 2.75) is 18.2 Å². The van der Waals surface area contributed by atoms with Crippen molar-refractivity contribution in [2.75, 3.05) is 20.1 Å². The van der Waals surface area contributed by atoms with Crippen LogP contribution in [0.15, 0.2) is 29.2 Å². The van der Waals surface area contributed by atoms with E-state index in [1.165, 1.54) is 31.0 Å². The lowest BCUT2D eigenvalue weighted by atomic mass is 10.2. The van der Waals surface area contributed by atoms with Gasteiger partial charge in [-0.05, 0) is 12.1 Å². The molecule has 0 heterocycles. The molecule has 0 spiro atoms. The normalized spacial score (nSPS) is 12.7. The van der Waals surface area contributed by atoms with Gasteiger partial charge in [0.1, 0.15) is 10.7 Å². The summed E-state index contributed by atoms with van der Waals surface area (Å²) >= 11 is 0. The molecule has 23 heavy (non-hydrogen) atoms. The van der Waals surface area contributed by atoms with E-state index in [4.69, 9.17) is 5.11 Å². The molecule has 128 valence electrons. The predicted octanol–water partition coefficient (Wildman–Crippen LogP) is 0.673. The summed E-state index contributed by atoms with van der Waals surface area (Å²) in [7, 11) is -2.60. The number of halogens is 1. The van der Waals surface area contributed by atoms with Gasteiger partial charge >= 0.3 is 5.97 Å². The lowest BCUT2D eigenvalue weighted by molar-refractivity contribution is -0.142. The van der Waals surface area contributed by atoms with Crippen LogP contribution in [0.5, 0.6) is 0 Å². The average molecular weight is 346 g/mol. The van der Waals surface area contributed by atoms with Gasteiger partial charge in [0.2, 0.25) is 15.9 Å². The van der Waals surface area contributed by atoms with Crippen LogP contribution < -0.4 is 4.72 Å². The van der Waals surface area contributed by atoms with Gasteiger partial charge in [-0.1, -0.05) is 19.1 Å². The Hall–Kier alpha value is -2.00. The summed E-state index contributed by atoms with van der Waals surface area (Å²) in [6.45, 7) is 1.28. The monoisotopic (exact) mass is 346 g/mol. The SMILES string of the molecule is CC(CN(C)C(=O)CCNS(=O)(=O)c1ccccc1F)C(=O)O. The number of carboxylic acid groups (broad SMARTS) is 1. The van der Waals surface area contributed by atoms with E-state index in [9.17, 15) is 22.4 Å². The first-order valence-electron chi connectivity index (χ1n) is 6.86. The number of carbonyl (C=O) groups is 2. The van der Waals surface area contributed by atoms with Gasteiger partial charge in [-0.15, -0.1) is 0 Å². The van der Waals surface area contributed by atoms with Crippen molar-refractivity contribution in [3.05, 3.63) is 30.1 Å². The Morgan fingerprint density at radius 2 is 1.96 bits per heavy atom. The van der Waals surface area contributed by atoms with Gasteiger partial charge in [0.15, 0.2) is 0 Å². The van der Waals surface area contributed by atoms with Crippen molar-refractivity contribution in [1.29, 1.82) is 0 Å². The predicted molar refractivity (Wildman–Crippen MR) is 80.6 cm³/mol. The van der Waals surface area contributed by atoms with E-state index >= 15 is 0 Å². The molecule has 1 unspecified atom stereocenters. The molecule has 1 rings (SSSR count). The van der Waals surface area contributed by atoms with Crippen LogP contribution in [0.4, 0.5) is 4.39 Å². The van der Waals surface area contributed by atoms with Gasteiger partial charge in [0.25, 0.3) is 0 Å². The molecule has 0 saturated carbocycles. The zero-order chi connectivity index (χ0) is 17.6. The van der Waals surface area contributed by atoms with E-state index in [2.05, 4.69) is 4.72 Å². The number of rotatable bonds is 8. The highest BCUT2D eigenvalue weighted by Crippen LogP contribution is 2.12. The molecule has 1 amide bonds. The smallest absolute Gasteiger partial charge is 0.308 e. The Labute approximate surface area is 134 Å². The largest absolute Gasteiger partial charge is 0.481 e. The number of benzene rings is 1. The summed E-state index contributed by atoms with van der Waals surface area (Å²) in [6.07, 6.45) is -0.156. The van der Waals surface area contributed by atoms with Gasteiger partial charge in [0, 0.05) is 26.6 Å². The average Bonchev–Trinajstić information content (AvgIpc) is 2.46. The van der Waals surface area contributed by atoms with Crippen LogP contribution >= 0.6 is 0 Å². The van der Waals surface area contributed by atoms with E-state index < -0.39 is 38.5 Å². The summed E-state index contributed by atoms with van der Waals surface area (Å²) in [5, 5.41) is 8.78. The minimum absolute atomic E-state index is 0.0221. The van der Waals surface area contributed by atoms with Crippen LogP contribution in [-0.2, 0) is 19.6 Å². The van der Waals surface area contributed by atoms with Gasteiger partial charge in [-0.25, -0.2) is 17.5 Å². The minimum atomic E-state index is -4.04. The van der Waals surface area contributed by atoms with Crippen molar-refractivity contribution < 1.29 is 27.5 Å². The molecule has 0 aliphatic rings. The molecular weight excluding hydrogens is 327 g/mol. The Bertz CT molecular complexity index is 678. The molecule has 0 saturated heterocycles. The topological polar surface area (TPSA) is 104 Å². The lowest BCUT2D eigenvalue weighted by Crippen LogP contribution is -2.36. The van der Waals surface area contributed by atoms with Gasteiger partial charge in [-0.2, -0.15) is 0 Å². The first kappa shape index (κ1) is 19.0. The molecule has 9 heteroatoms. The van der Waals surface area contributed by atoms with Crippen LogP contribution in [0.3, 0.4) is 0 Å². The zero-order valence-electron chi connectivity index (χ0n) is 12.8. The molecule has 0 radical (unpaired) electrons.